The van der Waals surface area contributed by atoms with Gasteiger partial charge in [-0.2, -0.15) is 0 Å². The Kier molecular flexibility index (Phi) is 4.29. The second kappa shape index (κ2) is 6.37. The number of rotatable bonds is 4. The quantitative estimate of drug-likeness (QED) is 0.888. The minimum Gasteiger partial charge on any atom is -0.480 e. The van der Waals surface area contributed by atoms with Crippen LogP contribution in [0.1, 0.15) is 13.8 Å². The Morgan fingerprint density at radius 2 is 1.87 bits per heavy atom. The van der Waals surface area contributed by atoms with Crippen LogP contribution in [-0.4, -0.2) is 52.9 Å². The molecule has 1 saturated heterocycles. The van der Waals surface area contributed by atoms with Gasteiger partial charge in [-0.3, -0.25) is 4.79 Å². The van der Waals surface area contributed by atoms with Gasteiger partial charge in [0.2, 0.25) is 0 Å². The van der Waals surface area contributed by atoms with Crippen LogP contribution in [0.4, 0.5) is 11.6 Å². The topological polar surface area (TPSA) is 87.6 Å². The normalized spacial score (nSPS) is 21.4. The van der Waals surface area contributed by atoms with Gasteiger partial charge in [0.25, 0.3) is 0 Å². The van der Waals surface area contributed by atoms with E-state index in [1.54, 1.807) is 0 Å². The second-order valence-corrected chi connectivity index (χ2v) is 5.79. The monoisotopic (exact) mass is 316 g/mol. The standard InChI is InChI=1S/C16H20N4O3/c1-10-8-20(9-11(2)23-10)16-15(17-7-14(21)22)18-12-5-3-4-6-13(12)19-16/h3-6,10-11H,7-9H2,1-2H3,(H,17,18)(H,21,22). The number of carbonyl (C=O) groups is 1. The van der Waals surface area contributed by atoms with Crippen molar-refractivity contribution in [1.29, 1.82) is 0 Å². The van der Waals surface area contributed by atoms with Crippen LogP contribution in [0.3, 0.4) is 0 Å². The molecular formula is C16H20N4O3. The molecule has 1 aliphatic rings. The number of nitrogens with zero attached hydrogens (tertiary/aromatic N) is 3. The lowest BCUT2D eigenvalue weighted by Gasteiger charge is -2.36. The third-order valence-electron chi connectivity index (χ3n) is 3.68. The van der Waals surface area contributed by atoms with E-state index in [0.717, 1.165) is 11.0 Å². The Hall–Kier alpha value is -2.41. The summed E-state index contributed by atoms with van der Waals surface area (Å²) >= 11 is 0. The number of ether oxygens (including phenoxy) is 1. The highest BCUT2D eigenvalue weighted by Crippen LogP contribution is 2.27. The number of aliphatic carboxylic acids is 1. The van der Waals surface area contributed by atoms with Crippen LogP contribution in [-0.2, 0) is 9.53 Å². The minimum atomic E-state index is -0.936. The first-order chi connectivity index (χ1) is 11.0. The van der Waals surface area contributed by atoms with Crippen LogP contribution < -0.4 is 10.2 Å². The summed E-state index contributed by atoms with van der Waals surface area (Å²) in [5, 5.41) is 11.8. The molecule has 0 amide bonds. The van der Waals surface area contributed by atoms with Gasteiger partial charge in [0.1, 0.15) is 6.54 Å². The summed E-state index contributed by atoms with van der Waals surface area (Å²) in [4.78, 5) is 22.2. The lowest BCUT2D eigenvalue weighted by molar-refractivity contribution is -0.134. The number of carboxylic acids is 1. The van der Waals surface area contributed by atoms with Gasteiger partial charge in [-0.05, 0) is 26.0 Å². The summed E-state index contributed by atoms with van der Waals surface area (Å²) in [6.07, 6.45) is 0.165. The molecule has 3 rings (SSSR count). The van der Waals surface area contributed by atoms with Gasteiger partial charge in [-0.25, -0.2) is 9.97 Å². The first kappa shape index (κ1) is 15.5. The molecule has 0 bridgehead atoms. The Balaban J connectivity index is 2.01. The summed E-state index contributed by atoms with van der Waals surface area (Å²) < 4.78 is 5.76. The molecule has 2 unspecified atom stereocenters. The number of benzene rings is 1. The maximum Gasteiger partial charge on any atom is 0.322 e. The second-order valence-electron chi connectivity index (χ2n) is 5.79. The van der Waals surface area contributed by atoms with Crippen molar-refractivity contribution in [2.75, 3.05) is 29.9 Å². The zero-order valence-electron chi connectivity index (χ0n) is 13.2. The molecule has 0 radical (unpaired) electrons. The number of aromatic nitrogens is 2. The van der Waals surface area contributed by atoms with Gasteiger partial charge >= 0.3 is 5.97 Å². The van der Waals surface area contributed by atoms with Crippen molar-refractivity contribution in [3.63, 3.8) is 0 Å². The molecule has 23 heavy (non-hydrogen) atoms. The van der Waals surface area contributed by atoms with Crippen molar-refractivity contribution in [2.24, 2.45) is 0 Å². The van der Waals surface area contributed by atoms with E-state index in [0.29, 0.717) is 24.7 Å². The van der Waals surface area contributed by atoms with Gasteiger partial charge < -0.3 is 20.1 Å². The summed E-state index contributed by atoms with van der Waals surface area (Å²) in [5.41, 5.74) is 1.52. The number of morpholine rings is 1. The van der Waals surface area contributed by atoms with Crippen LogP contribution in [0.25, 0.3) is 11.0 Å². The van der Waals surface area contributed by atoms with E-state index in [1.807, 2.05) is 38.1 Å². The molecule has 0 saturated carbocycles. The number of carboxylic acid groups (broad SMARTS) is 1. The molecule has 1 fully saturated rings. The third-order valence-corrected chi connectivity index (χ3v) is 3.68. The predicted octanol–water partition coefficient (Wildman–Crippen LogP) is 1.74. The van der Waals surface area contributed by atoms with E-state index in [4.69, 9.17) is 14.8 Å². The molecule has 0 spiro atoms. The molecule has 0 aliphatic carbocycles. The highest BCUT2D eigenvalue weighted by molar-refractivity contribution is 5.82. The highest BCUT2D eigenvalue weighted by atomic mass is 16.5. The molecule has 122 valence electrons. The highest BCUT2D eigenvalue weighted by Gasteiger charge is 2.26. The number of hydrogen-bond acceptors (Lipinski definition) is 6. The van der Waals surface area contributed by atoms with E-state index in [9.17, 15) is 4.79 Å². The van der Waals surface area contributed by atoms with Crippen molar-refractivity contribution in [3.05, 3.63) is 24.3 Å². The average Bonchev–Trinajstić information content (AvgIpc) is 2.51. The Bertz CT molecular complexity index is 712. The number of anilines is 2. The SMILES string of the molecule is CC1CN(c2nc3ccccc3nc2NCC(=O)O)CC(C)O1. The van der Waals surface area contributed by atoms with Gasteiger partial charge in [-0.1, -0.05) is 12.1 Å². The lowest BCUT2D eigenvalue weighted by Crippen LogP contribution is -2.46. The molecule has 7 heteroatoms. The molecule has 2 atom stereocenters. The van der Waals surface area contributed by atoms with Crippen LogP contribution >= 0.6 is 0 Å². The van der Waals surface area contributed by atoms with Crippen molar-refractivity contribution < 1.29 is 14.6 Å². The fraction of sp³-hybridized carbons (Fsp3) is 0.438. The smallest absolute Gasteiger partial charge is 0.322 e. The molecule has 1 aromatic carbocycles. The number of fused-ring (bicyclic) bond motifs is 1. The molecule has 1 aliphatic heterocycles. The van der Waals surface area contributed by atoms with E-state index in [1.165, 1.54) is 0 Å². The van der Waals surface area contributed by atoms with Crippen LogP contribution in [0.5, 0.6) is 0 Å². The number of nitrogens with one attached hydrogen (secondary N) is 1. The summed E-state index contributed by atoms with van der Waals surface area (Å²) in [5.74, 6) is 0.231. The predicted molar refractivity (Wildman–Crippen MR) is 87.9 cm³/mol. The molecule has 7 nitrogen and oxygen atoms in total. The van der Waals surface area contributed by atoms with Gasteiger partial charge in [0.05, 0.1) is 23.2 Å². The van der Waals surface area contributed by atoms with Crippen molar-refractivity contribution in [2.45, 2.75) is 26.1 Å². The van der Waals surface area contributed by atoms with Gasteiger partial charge in [-0.15, -0.1) is 0 Å². The Morgan fingerprint density at radius 3 is 2.48 bits per heavy atom. The molecule has 1 aromatic heterocycles. The van der Waals surface area contributed by atoms with Crippen LogP contribution in [0.15, 0.2) is 24.3 Å². The average molecular weight is 316 g/mol. The molecular weight excluding hydrogens is 296 g/mol. The summed E-state index contributed by atoms with van der Waals surface area (Å²) in [6.45, 7) is 5.22. The maximum absolute atomic E-state index is 10.9. The van der Waals surface area contributed by atoms with E-state index in [2.05, 4.69) is 15.2 Å². The first-order valence-corrected chi connectivity index (χ1v) is 7.66. The van der Waals surface area contributed by atoms with Crippen LogP contribution in [0, 0.1) is 0 Å². The van der Waals surface area contributed by atoms with Gasteiger partial charge in [0.15, 0.2) is 11.6 Å². The van der Waals surface area contributed by atoms with Gasteiger partial charge in [0, 0.05) is 13.1 Å². The molecule has 2 heterocycles. The largest absolute Gasteiger partial charge is 0.480 e. The number of hydrogen-bond donors (Lipinski definition) is 2. The lowest BCUT2D eigenvalue weighted by atomic mass is 10.2. The van der Waals surface area contributed by atoms with E-state index >= 15 is 0 Å². The fourth-order valence-corrected chi connectivity index (χ4v) is 2.84. The zero-order valence-corrected chi connectivity index (χ0v) is 13.2. The van der Waals surface area contributed by atoms with Crippen molar-refractivity contribution in [1.82, 2.24) is 9.97 Å². The maximum atomic E-state index is 10.9. The Morgan fingerprint density at radius 1 is 1.26 bits per heavy atom. The zero-order chi connectivity index (χ0) is 16.4. The van der Waals surface area contributed by atoms with E-state index in [-0.39, 0.29) is 18.8 Å². The van der Waals surface area contributed by atoms with Crippen LogP contribution in [0.2, 0.25) is 0 Å². The molecule has 2 aromatic rings. The minimum absolute atomic E-state index is 0.0827. The number of para-hydroxylation sites is 2. The van der Waals surface area contributed by atoms with Crippen molar-refractivity contribution >= 4 is 28.6 Å². The fourth-order valence-electron chi connectivity index (χ4n) is 2.84. The van der Waals surface area contributed by atoms with E-state index < -0.39 is 5.97 Å². The first-order valence-electron chi connectivity index (χ1n) is 7.66. The third kappa shape index (κ3) is 3.50. The summed E-state index contributed by atoms with van der Waals surface area (Å²) in [7, 11) is 0. The molecule has 2 N–H and O–H groups in total. The Labute approximate surface area is 134 Å². The summed E-state index contributed by atoms with van der Waals surface area (Å²) in [6, 6.07) is 7.56. The van der Waals surface area contributed by atoms with Crippen molar-refractivity contribution in [3.8, 4) is 0 Å².